The van der Waals surface area contributed by atoms with E-state index in [1.54, 1.807) is 24.3 Å². The highest BCUT2D eigenvalue weighted by Crippen LogP contribution is 2.35. The number of rotatable bonds is 6. The molecule has 0 atom stereocenters. The summed E-state index contributed by atoms with van der Waals surface area (Å²) in [6, 6.07) is 16.3. The van der Waals surface area contributed by atoms with Crippen molar-refractivity contribution in [1.29, 1.82) is 0 Å². The largest absolute Gasteiger partial charge is 0.493 e. The molecule has 1 amide bonds. The third-order valence-corrected chi connectivity index (χ3v) is 5.55. The maximum absolute atomic E-state index is 13.7. The van der Waals surface area contributed by atoms with Gasteiger partial charge in [0, 0.05) is 4.47 Å². The average molecular weight is 549 g/mol. The van der Waals surface area contributed by atoms with Gasteiger partial charge in [-0.1, -0.05) is 34.1 Å². The summed E-state index contributed by atoms with van der Waals surface area (Å²) in [6.45, 7) is 0.0716. The van der Waals surface area contributed by atoms with Crippen molar-refractivity contribution >= 4 is 39.3 Å². The molecule has 3 aromatic rings. The fourth-order valence-corrected chi connectivity index (χ4v) is 3.58. The summed E-state index contributed by atoms with van der Waals surface area (Å²) in [7, 11) is 1.42. The number of methoxy groups -OCH3 is 1. The van der Waals surface area contributed by atoms with Crippen molar-refractivity contribution in [3.63, 3.8) is 0 Å². The Labute approximate surface area is 206 Å². The Kier molecular flexibility index (Phi) is 6.93. The van der Waals surface area contributed by atoms with Crippen molar-refractivity contribution in [1.82, 2.24) is 0 Å². The number of carbonyl (C=O) groups excluding carboxylic acids is 1. The van der Waals surface area contributed by atoms with Gasteiger partial charge in [-0.05, 0) is 65.7 Å². The lowest BCUT2D eigenvalue weighted by Crippen LogP contribution is -2.25. The molecule has 0 spiro atoms. The van der Waals surface area contributed by atoms with E-state index in [0.29, 0.717) is 15.8 Å². The average Bonchev–Trinajstić information content (AvgIpc) is 3.16. The molecule has 10 heteroatoms. The highest BCUT2D eigenvalue weighted by Gasteiger charge is 2.46. The Balaban J connectivity index is 1.66. The van der Waals surface area contributed by atoms with E-state index in [0.717, 1.165) is 11.1 Å². The zero-order valence-electron chi connectivity index (χ0n) is 18.1. The van der Waals surface area contributed by atoms with Gasteiger partial charge in [0.05, 0.1) is 18.4 Å². The molecular formula is C25H17BrF4N2O3. The number of amides is 1. The van der Waals surface area contributed by atoms with Gasteiger partial charge in [-0.2, -0.15) is 23.3 Å². The van der Waals surface area contributed by atoms with E-state index in [4.69, 9.17) is 9.47 Å². The first-order valence-corrected chi connectivity index (χ1v) is 11.0. The van der Waals surface area contributed by atoms with Crippen molar-refractivity contribution in [2.75, 3.05) is 12.1 Å². The van der Waals surface area contributed by atoms with Gasteiger partial charge in [0.1, 0.15) is 12.4 Å². The predicted molar refractivity (Wildman–Crippen MR) is 127 cm³/mol. The molecule has 1 aliphatic heterocycles. The number of carbonyl (C=O) groups is 1. The van der Waals surface area contributed by atoms with Gasteiger partial charge in [0.2, 0.25) is 0 Å². The number of anilines is 1. The highest BCUT2D eigenvalue weighted by atomic mass is 79.9. The summed E-state index contributed by atoms with van der Waals surface area (Å²) >= 11 is 3.25. The minimum atomic E-state index is -4.85. The smallest absolute Gasteiger partial charge is 0.435 e. The van der Waals surface area contributed by atoms with Crippen LogP contribution in [0.5, 0.6) is 11.5 Å². The molecule has 0 radical (unpaired) electrons. The number of hydrazone groups is 1. The summed E-state index contributed by atoms with van der Waals surface area (Å²) in [5.41, 5.74) is -0.746. The fourth-order valence-electron chi connectivity index (χ4n) is 3.32. The molecule has 0 fully saturated rings. The third kappa shape index (κ3) is 5.54. The van der Waals surface area contributed by atoms with E-state index in [-0.39, 0.29) is 29.4 Å². The predicted octanol–water partition coefficient (Wildman–Crippen LogP) is 6.52. The summed E-state index contributed by atoms with van der Waals surface area (Å²) in [6.07, 6.45) is -3.74. The van der Waals surface area contributed by atoms with Crippen LogP contribution in [0.15, 0.2) is 81.9 Å². The molecule has 4 rings (SSSR count). The van der Waals surface area contributed by atoms with Gasteiger partial charge in [-0.15, -0.1) is 0 Å². The van der Waals surface area contributed by atoms with Crippen molar-refractivity contribution in [3.8, 4) is 11.5 Å². The summed E-state index contributed by atoms with van der Waals surface area (Å²) < 4.78 is 66.1. The molecule has 3 aromatic carbocycles. The van der Waals surface area contributed by atoms with Crippen LogP contribution in [-0.4, -0.2) is 24.9 Å². The minimum absolute atomic E-state index is 0.0716. The lowest BCUT2D eigenvalue weighted by molar-refractivity contribution is -0.114. The molecule has 0 saturated carbocycles. The summed E-state index contributed by atoms with van der Waals surface area (Å²) in [5.74, 6) is -0.718. The Morgan fingerprint density at radius 1 is 1.00 bits per heavy atom. The number of hydrogen-bond acceptors (Lipinski definition) is 4. The first-order valence-electron chi connectivity index (χ1n) is 10.2. The Morgan fingerprint density at radius 2 is 1.69 bits per heavy atom. The van der Waals surface area contributed by atoms with Gasteiger partial charge < -0.3 is 9.47 Å². The van der Waals surface area contributed by atoms with Crippen LogP contribution >= 0.6 is 15.9 Å². The lowest BCUT2D eigenvalue weighted by Gasteiger charge is -2.13. The van der Waals surface area contributed by atoms with Crippen molar-refractivity contribution < 1.29 is 31.8 Å². The van der Waals surface area contributed by atoms with Gasteiger partial charge in [0.25, 0.3) is 5.91 Å². The van der Waals surface area contributed by atoms with E-state index < -0.39 is 23.4 Å². The van der Waals surface area contributed by atoms with Crippen LogP contribution in [0.3, 0.4) is 0 Å². The van der Waals surface area contributed by atoms with Crippen LogP contribution in [0.4, 0.5) is 23.2 Å². The fraction of sp³-hybridized carbons (Fsp3) is 0.120. The summed E-state index contributed by atoms with van der Waals surface area (Å²) in [5, 5.41) is 4.28. The van der Waals surface area contributed by atoms with Gasteiger partial charge in [0.15, 0.2) is 17.2 Å². The maximum Gasteiger partial charge on any atom is 0.435 e. The quantitative estimate of drug-likeness (QED) is 0.260. The first-order chi connectivity index (χ1) is 16.7. The molecule has 0 bridgehead atoms. The number of hydrogen-bond donors (Lipinski definition) is 0. The molecule has 0 saturated heterocycles. The molecule has 0 aromatic heterocycles. The second kappa shape index (κ2) is 9.91. The second-order valence-electron chi connectivity index (χ2n) is 7.42. The van der Waals surface area contributed by atoms with Crippen molar-refractivity contribution in [2.45, 2.75) is 12.8 Å². The number of ether oxygens (including phenoxy) is 2. The zero-order valence-corrected chi connectivity index (χ0v) is 19.7. The molecule has 0 N–H and O–H groups in total. The third-order valence-electron chi connectivity index (χ3n) is 5.02. The Hall–Kier alpha value is -3.66. The summed E-state index contributed by atoms with van der Waals surface area (Å²) in [4.78, 5) is 12.9. The molecule has 1 aliphatic rings. The lowest BCUT2D eigenvalue weighted by atomic mass is 10.1. The maximum atomic E-state index is 13.7. The van der Waals surface area contributed by atoms with Crippen LogP contribution in [0.2, 0.25) is 0 Å². The van der Waals surface area contributed by atoms with E-state index >= 15 is 0 Å². The monoisotopic (exact) mass is 548 g/mol. The topological polar surface area (TPSA) is 51.1 Å². The van der Waals surface area contributed by atoms with Crippen LogP contribution in [-0.2, 0) is 11.4 Å². The van der Waals surface area contributed by atoms with Gasteiger partial charge >= 0.3 is 6.18 Å². The van der Waals surface area contributed by atoms with E-state index in [9.17, 15) is 22.4 Å². The molecule has 1 heterocycles. The van der Waals surface area contributed by atoms with Crippen LogP contribution < -0.4 is 14.5 Å². The first kappa shape index (κ1) is 24.5. The van der Waals surface area contributed by atoms with E-state index in [2.05, 4.69) is 21.0 Å². The molecular weight excluding hydrogens is 532 g/mol. The number of benzene rings is 3. The standard InChI is InChI=1S/C25H17BrF4N2O3/c1-34-21-11-4-16(13-22(21)35-14-15-2-7-18(27)8-3-15)12-20-23(25(28,29)30)31-32(24(20)33)19-9-5-17(26)6-10-19/h2-13H,14H2,1H3/b20-12-. The normalized spacial score (nSPS) is 14.9. The van der Waals surface area contributed by atoms with Gasteiger partial charge in [-0.25, -0.2) is 4.39 Å². The van der Waals surface area contributed by atoms with Crippen LogP contribution in [0, 0.1) is 5.82 Å². The highest BCUT2D eigenvalue weighted by molar-refractivity contribution is 9.10. The zero-order chi connectivity index (χ0) is 25.2. The van der Waals surface area contributed by atoms with E-state index in [1.807, 2.05) is 0 Å². The Morgan fingerprint density at radius 3 is 2.31 bits per heavy atom. The van der Waals surface area contributed by atoms with Crippen LogP contribution in [0.25, 0.3) is 6.08 Å². The Bertz CT molecular complexity index is 1300. The number of alkyl halides is 3. The van der Waals surface area contributed by atoms with Crippen LogP contribution in [0.1, 0.15) is 11.1 Å². The molecule has 35 heavy (non-hydrogen) atoms. The van der Waals surface area contributed by atoms with Crippen molar-refractivity contribution in [2.24, 2.45) is 5.10 Å². The molecule has 0 aliphatic carbocycles. The van der Waals surface area contributed by atoms with Gasteiger partial charge in [-0.3, -0.25) is 4.79 Å². The van der Waals surface area contributed by atoms with E-state index in [1.165, 1.54) is 49.6 Å². The number of halogens is 5. The second-order valence-corrected chi connectivity index (χ2v) is 8.34. The number of nitrogens with zero attached hydrogens (tertiary/aromatic N) is 2. The van der Waals surface area contributed by atoms with Crippen molar-refractivity contribution in [3.05, 3.63) is 93.7 Å². The molecule has 5 nitrogen and oxygen atoms in total. The molecule has 180 valence electrons. The SMILES string of the molecule is COc1ccc(/C=C2\C(=O)N(c3ccc(Br)cc3)N=C2C(F)(F)F)cc1OCc1ccc(F)cc1. The molecule has 0 unspecified atom stereocenters. The minimum Gasteiger partial charge on any atom is -0.493 e.